The molecule has 0 aliphatic heterocycles. The van der Waals surface area contributed by atoms with Gasteiger partial charge in [-0.05, 0) is 18.6 Å². The Kier molecular flexibility index (Phi) is 2.69. The minimum atomic E-state index is -1.14. The third kappa shape index (κ3) is 1.53. The Hall–Kier alpha value is -1.78. The molecule has 1 aromatic heterocycles. The largest absolute Gasteiger partial charge is 0.468 e. The molecule has 1 fully saturated rings. The van der Waals surface area contributed by atoms with Crippen molar-refractivity contribution >= 4 is 11.9 Å². The first kappa shape index (κ1) is 11.7. The van der Waals surface area contributed by atoms with Crippen molar-refractivity contribution in [1.82, 2.24) is 4.57 Å². The molecule has 1 aromatic rings. The highest BCUT2D eigenvalue weighted by atomic mass is 16.5. The Labute approximate surface area is 99.3 Å². The van der Waals surface area contributed by atoms with E-state index >= 15 is 0 Å². The van der Waals surface area contributed by atoms with Crippen LogP contribution in [-0.4, -0.2) is 30.7 Å². The van der Waals surface area contributed by atoms with Crippen molar-refractivity contribution in [3.05, 3.63) is 24.0 Å². The van der Waals surface area contributed by atoms with Crippen LogP contribution >= 0.6 is 0 Å². The Morgan fingerprint density at radius 2 is 1.94 bits per heavy atom. The predicted molar refractivity (Wildman–Crippen MR) is 59.2 cm³/mol. The Morgan fingerprint density at radius 3 is 2.35 bits per heavy atom. The number of hydrogen-bond acceptors (Lipinski definition) is 4. The topological polar surface area (TPSA) is 57.5 Å². The lowest BCUT2D eigenvalue weighted by molar-refractivity contribution is -0.161. The van der Waals surface area contributed by atoms with E-state index in [1.807, 2.05) is 29.9 Å². The van der Waals surface area contributed by atoms with Crippen LogP contribution in [-0.2, 0) is 26.1 Å². The Bertz CT molecular complexity index is 447. The minimum Gasteiger partial charge on any atom is -0.468 e. The maximum absolute atomic E-state index is 11.8. The summed E-state index contributed by atoms with van der Waals surface area (Å²) in [6.45, 7) is 0. The van der Waals surface area contributed by atoms with Gasteiger partial charge in [0.25, 0.3) is 0 Å². The van der Waals surface area contributed by atoms with Crippen LogP contribution in [0.5, 0.6) is 0 Å². The highest BCUT2D eigenvalue weighted by molar-refractivity contribution is 6.05. The van der Waals surface area contributed by atoms with Gasteiger partial charge >= 0.3 is 11.9 Å². The number of aryl methyl sites for hydroxylation is 1. The standard InChI is InChI=1S/C12H15NO4/c1-13-6-4-5-9(13)8-7-12(8,10(14)16-2)11(15)17-3/h4-6,8H,7H2,1-3H3. The first-order valence-electron chi connectivity index (χ1n) is 5.36. The van der Waals surface area contributed by atoms with E-state index in [1.165, 1.54) is 14.2 Å². The zero-order valence-corrected chi connectivity index (χ0v) is 10.1. The monoisotopic (exact) mass is 237 g/mol. The summed E-state index contributed by atoms with van der Waals surface area (Å²) in [6.07, 6.45) is 2.33. The van der Waals surface area contributed by atoms with E-state index in [4.69, 9.17) is 9.47 Å². The molecule has 1 saturated carbocycles. The molecule has 1 atom stereocenters. The molecular weight excluding hydrogens is 222 g/mol. The maximum atomic E-state index is 11.8. The van der Waals surface area contributed by atoms with Gasteiger partial charge in [0.1, 0.15) is 0 Å². The third-order valence-corrected chi connectivity index (χ3v) is 3.40. The number of carbonyl (C=O) groups excluding carboxylic acids is 2. The van der Waals surface area contributed by atoms with Crippen molar-refractivity contribution in [3.63, 3.8) is 0 Å². The lowest BCUT2D eigenvalue weighted by Gasteiger charge is -2.12. The maximum Gasteiger partial charge on any atom is 0.323 e. The van der Waals surface area contributed by atoms with E-state index in [9.17, 15) is 9.59 Å². The fourth-order valence-electron chi connectivity index (χ4n) is 2.36. The number of carbonyl (C=O) groups is 2. The van der Waals surface area contributed by atoms with Crippen molar-refractivity contribution in [1.29, 1.82) is 0 Å². The van der Waals surface area contributed by atoms with Gasteiger partial charge in [0.15, 0.2) is 5.41 Å². The Morgan fingerprint density at radius 1 is 1.35 bits per heavy atom. The second-order valence-corrected chi connectivity index (χ2v) is 4.26. The number of hydrogen-bond donors (Lipinski definition) is 0. The van der Waals surface area contributed by atoms with Gasteiger partial charge in [-0.1, -0.05) is 0 Å². The predicted octanol–water partition coefficient (Wildman–Crippen LogP) is 0.845. The summed E-state index contributed by atoms with van der Waals surface area (Å²) in [5.41, 5.74) is -0.198. The quantitative estimate of drug-likeness (QED) is 0.577. The summed E-state index contributed by atoms with van der Waals surface area (Å²) in [6, 6.07) is 3.78. The molecule has 5 heteroatoms. The minimum absolute atomic E-state index is 0.151. The molecule has 1 aliphatic rings. The summed E-state index contributed by atoms with van der Waals surface area (Å²) >= 11 is 0. The molecule has 0 radical (unpaired) electrons. The molecule has 0 bridgehead atoms. The molecule has 17 heavy (non-hydrogen) atoms. The fraction of sp³-hybridized carbons (Fsp3) is 0.500. The second-order valence-electron chi connectivity index (χ2n) is 4.26. The van der Waals surface area contributed by atoms with Gasteiger partial charge in [-0.2, -0.15) is 0 Å². The number of aromatic nitrogens is 1. The van der Waals surface area contributed by atoms with Crippen LogP contribution in [0.15, 0.2) is 18.3 Å². The molecule has 2 rings (SSSR count). The molecule has 92 valence electrons. The van der Waals surface area contributed by atoms with E-state index in [1.54, 1.807) is 0 Å². The molecule has 0 N–H and O–H groups in total. The summed E-state index contributed by atoms with van der Waals surface area (Å²) in [5.74, 6) is -1.19. The van der Waals surface area contributed by atoms with Crippen molar-refractivity contribution in [2.45, 2.75) is 12.3 Å². The van der Waals surface area contributed by atoms with Gasteiger partial charge in [-0.15, -0.1) is 0 Å². The van der Waals surface area contributed by atoms with Crippen LogP contribution in [0.25, 0.3) is 0 Å². The van der Waals surface area contributed by atoms with E-state index in [0.29, 0.717) is 6.42 Å². The van der Waals surface area contributed by atoms with Gasteiger partial charge in [0.2, 0.25) is 0 Å². The van der Waals surface area contributed by atoms with Gasteiger partial charge < -0.3 is 14.0 Å². The summed E-state index contributed by atoms with van der Waals surface area (Å²) in [7, 11) is 4.45. The summed E-state index contributed by atoms with van der Waals surface area (Å²) in [5, 5.41) is 0. The average Bonchev–Trinajstić information content (AvgIpc) is 2.96. The van der Waals surface area contributed by atoms with Crippen LogP contribution in [0, 0.1) is 5.41 Å². The zero-order valence-electron chi connectivity index (χ0n) is 10.1. The second kappa shape index (κ2) is 3.91. The fourth-order valence-corrected chi connectivity index (χ4v) is 2.36. The lowest BCUT2D eigenvalue weighted by Crippen LogP contribution is -2.30. The van der Waals surface area contributed by atoms with Gasteiger partial charge in [0.05, 0.1) is 14.2 Å². The molecule has 0 aromatic carbocycles. The Balaban J connectivity index is 2.33. The molecule has 1 unspecified atom stereocenters. The molecule has 1 aliphatic carbocycles. The average molecular weight is 237 g/mol. The number of nitrogens with zero attached hydrogens (tertiary/aromatic N) is 1. The van der Waals surface area contributed by atoms with E-state index in [0.717, 1.165) is 5.69 Å². The number of ether oxygens (including phenoxy) is 2. The number of esters is 2. The first-order chi connectivity index (χ1) is 8.07. The van der Waals surface area contributed by atoms with E-state index < -0.39 is 17.4 Å². The van der Waals surface area contributed by atoms with Crippen molar-refractivity contribution in [3.8, 4) is 0 Å². The molecular formula is C12H15NO4. The molecule has 1 heterocycles. The van der Waals surface area contributed by atoms with Crippen LogP contribution in [0.2, 0.25) is 0 Å². The highest BCUT2D eigenvalue weighted by Crippen LogP contribution is 2.60. The van der Waals surface area contributed by atoms with Crippen molar-refractivity contribution in [2.24, 2.45) is 12.5 Å². The first-order valence-corrected chi connectivity index (χ1v) is 5.36. The SMILES string of the molecule is COC(=O)C1(C(=O)OC)CC1c1cccn1C. The van der Waals surface area contributed by atoms with Crippen LogP contribution in [0.4, 0.5) is 0 Å². The molecule has 5 nitrogen and oxygen atoms in total. The molecule has 0 saturated heterocycles. The van der Waals surface area contributed by atoms with E-state index in [2.05, 4.69) is 0 Å². The molecule has 0 spiro atoms. The number of rotatable bonds is 3. The van der Waals surface area contributed by atoms with Gasteiger partial charge in [-0.25, -0.2) is 0 Å². The highest BCUT2D eigenvalue weighted by Gasteiger charge is 2.69. The van der Waals surface area contributed by atoms with Crippen molar-refractivity contribution in [2.75, 3.05) is 14.2 Å². The third-order valence-electron chi connectivity index (χ3n) is 3.40. The van der Waals surface area contributed by atoms with Gasteiger partial charge in [0, 0.05) is 24.9 Å². The van der Waals surface area contributed by atoms with Crippen molar-refractivity contribution < 1.29 is 19.1 Å². The smallest absolute Gasteiger partial charge is 0.323 e. The van der Waals surface area contributed by atoms with E-state index in [-0.39, 0.29) is 5.92 Å². The number of methoxy groups -OCH3 is 2. The zero-order chi connectivity index (χ0) is 12.6. The van der Waals surface area contributed by atoms with Crippen LogP contribution in [0.3, 0.4) is 0 Å². The van der Waals surface area contributed by atoms with Gasteiger partial charge in [-0.3, -0.25) is 9.59 Å². The summed E-state index contributed by atoms with van der Waals surface area (Å²) in [4.78, 5) is 23.6. The van der Waals surface area contributed by atoms with Crippen LogP contribution in [0.1, 0.15) is 18.0 Å². The molecule has 0 amide bonds. The lowest BCUT2D eigenvalue weighted by atomic mass is 10.0. The van der Waals surface area contributed by atoms with Crippen LogP contribution < -0.4 is 0 Å². The summed E-state index contributed by atoms with van der Waals surface area (Å²) < 4.78 is 11.3. The normalized spacial score (nSPS) is 20.8.